The van der Waals surface area contributed by atoms with Gasteiger partial charge in [-0.1, -0.05) is 36.8 Å². The van der Waals surface area contributed by atoms with Crippen molar-refractivity contribution in [3.63, 3.8) is 0 Å². The summed E-state index contributed by atoms with van der Waals surface area (Å²) in [4.78, 5) is 29.1. The highest BCUT2D eigenvalue weighted by Crippen LogP contribution is 2.23. The van der Waals surface area contributed by atoms with Crippen LogP contribution in [0.15, 0.2) is 42.5 Å². The molecule has 0 bridgehead atoms. The fraction of sp³-hybridized carbons (Fsp3) is 0.462. The van der Waals surface area contributed by atoms with E-state index >= 15 is 0 Å². The number of benzene rings is 2. The van der Waals surface area contributed by atoms with Crippen LogP contribution in [0.1, 0.15) is 36.5 Å². The number of aryl methyl sites for hydroxylation is 2. The number of carbonyl (C=O) groups excluding carboxylic acids is 2. The van der Waals surface area contributed by atoms with Gasteiger partial charge in [0.2, 0.25) is 15.9 Å². The van der Waals surface area contributed by atoms with E-state index in [2.05, 4.69) is 4.90 Å². The van der Waals surface area contributed by atoms with E-state index in [1.165, 1.54) is 12.1 Å². The Labute approximate surface area is 212 Å². The number of hydrogen-bond donors (Lipinski definition) is 1. The van der Waals surface area contributed by atoms with Crippen molar-refractivity contribution >= 4 is 21.8 Å². The van der Waals surface area contributed by atoms with E-state index < -0.39 is 15.9 Å². The number of halogens is 1. The Morgan fingerprint density at radius 1 is 1.14 bits per heavy atom. The maximum atomic E-state index is 13.2. The van der Waals surface area contributed by atoms with Crippen molar-refractivity contribution in [3.05, 3.63) is 65.0 Å². The number of hydrogen-bond acceptors (Lipinski definition) is 6. The van der Waals surface area contributed by atoms with Crippen LogP contribution >= 0.6 is 0 Å². The van der Waals surface area contributed by atoms with E-state index in [4.69, 9.17) is 4.74 Å². The molecule has 2 aromatic rings. The fourth-order valence-electron chi connectivity index (χ4n) is 4.36. The SMILES string of the molecule is CC[C@@H]1CN(Cc2ccc(F)cc2)CCN1C(=O)COc1ccc(C)cc1CCC(=O)NS(C)(=O)=O. The van der Waals surface area contributed by atoms with Gasteiger partial charge in [-0.25, -0.2) is 12.8 Å². The van der Waals surface area contributed by atoms with Crippen molar-refractivity contribution in [2.24, 2.45) is 0 Å². The molecule has 0 unspecified atom stereocenters. The second-order valence-corrected chi connectivity index (χ2v) is 11.0. The van der Waals surface area contributed by atoms with Crippen molar-refractivity contribution < 1.29 is 27.1 Å². The number of sulfonamides is 1. The van der Waals surface area contributed by atoms with E-state index in [-0.39, 0.29) is 37.2 Å². The molecule has 1 atom stereocenters. The van der Waals surface area contributed by atoms with Gasteiger partial charge in [0.25, 0.3) is 5.91 Å². The smallest absolute Gasteiger partial charge is 0.260 e. The van der Waals surface area contributed by atoms with Crippen LogP contribution in [0.2, 0.25) is 0 Å². The molecule has 0 radical (unpaired) electrons. The molecule has 8 nitrogen and oxygen atoms in total. The Balaban J connectivity index is 1.57. The third-order valence-corrected chi connectivity index (χ3v) is 6.76. The van der Waals surface area contributed by atoms with Crippen LogP contribution in [0, 0.1) is 12.7 Å². The standard InChI is InChI=1S/C26H34FN3O5S/c1-4-23-17-29(16-20-6-9-22(27)10-7-20)13-14-30(23)26(32)18-35-24-11-5-19(2)15-21(24)8-12-25(31)28-36(3,33)34/h5-7,9-11,15,23H,4,8,12-14,16-18H2,1-3H3,(H,28,31)/t23-/m1/s1. The first kappa shape index (κ1) is 27.6. The van der Waals surface area contributed by atoms with E-state index in [1.54, 1.807) is 18.2 Å². The summed E-state index contributed by atoms with van der Waals surface area (Å²) in [5.41, 5.74) is 2.74. The molecule has 0 aromatic heterocycles. The molecule has 2 aromatic carbocycles. The van der Waals surface area contributed by atoms with Gasteiger partial charge in [0.15, 0.2) is 6.61 Å². The number of rotatable bonds is 10. The van der Waals surface area contributed by atoms with Crippen LogP contribution in [0.4, 0.5) is 4.39 Å². The van der Waals surface area contributed by atoms with Crippen LogP contribution in [-0.2, 0) is 32.6 Å². The van der Waals surface area contributed by atoms with E-state index in [0.29, 0.717) is 25.4 Å². The largest absolute Gasteiger partial charge is 0.483 e. The first-order chi connectivity index (χ1) is 17.0. The first-order valence-electron chi connectivity index (χ1n) is 12.0. The van der Waals surface area contributed by atoms with E-state index in [9.17, 15) is 22.4 Å². The lowest BCUT2D eigenvalue weighted by molar-refractivity contribution is -0.138. The summed E-state index contributed by atoms with van der Waals surface area (Å²) in [7, 11) is -3.61. The Morgan fingerprint density at radius 3 is 2.53 bits per heavy atom. The average Bonchev–Trinajstić information content (AvgIpc) is 2.82. The van der Waals surface area contributed by atoms with Crippen LogP contribution in [0.25, 0.3) is 0 Å². The van der Waals surface area contributed by atoms with Crippen molar-refractivity contribution in [2.45, 2.75) is 45.7 Å². The summed E-state index contributed by atoms with van der Waals surface area (Å²) < 4.78 is 43.6. The summed E-state index contributed by atoms with van der Waals surface area (Å²) in [6.45, 7) is 6.55. The predicted octanol–water partition coefficient (Wildman–Crippen LogP) is 2.64. The molecule has 1 heterocycles. The topological polar surface area (TPSA) is 96.0 Å². The molecule has 1 saturated heterocycles. The normalized spacial score (nSPS) is 16.6. The number of carbonyl (C=O) groups is 2. The Bertz CT molecular complexity index is 1170. The third kappa shape index (κ3) is 8.30. The molecule has 2 amide bonds. The van der Waals surface area contributed by atoms with Gasteiger partial charge in [0, 0.05) is 38.6 Å². The summed E-state index contributed by atoms with van der Waals surface area (Å²) in [6.07, 6.45) is 2.00. The minimum Gasteiger partial charge on any atom is -0.483 e. The molecule has 1 N–H and O–H groups in total. The fourth-order valence-corrected chi connectivity index (χ4v) is 4.88. The Kier molecular flexibility index (Phi) is 9.44. The lowest BCUT2D eigenvalue weighted by Crippen LogP contribution is -2.55. The zero-order valence-electron chi connectivity index (χ0n) is 21.0. The van der Waals surface area contributed by atoms with Crippen LogP contribution < -0.4 is 9.46 Å². The van der Waals surface area contributed by atoms with E-state index in [1.807, 2.05) is 35.6 Å². The maximum Gasteiger partial charge on any atom is 0.260 e. The summed E-state index contributed by atoms with van der Waals surface area (Å²) in [5.74, 6) is -0.450. The van der Waals surface area contributed by atoms with Gasteiger partial charge in [-0.15, -0.1) is 0 Å². The van der Waals surface area contributed by atoms with Crippen molar-refractivity contribution in [1.29, 1.82) is 0 Å². The lowest BCUT2D eigenvalue weighted by Gasteiger charge is -2.41. The molecule has 36 heavy (non-hydrogen) atoms. The van der Waals surface area contributed by atoms with Gasteiger partial charge in [-0.05, 0) is 49.1 Å². The highest BCUT2D eigenvalue weighted by Gasteiger charge is 2.29. The molecule has 0 aliphatic carbocycles. The first-order valence-corrected chi connectivity index (χ1v) is 13.9. The molecule has 1 aliphatic heterocycles. The Hall–Kier alpha value is -2.98. The highest BCUT2D eigenvalue weighted by molar-refractivity contribution is 7.89. The number of amides is 2. The molecule has 0 saturated carbocycles. The van der Waals surface area contributed by atoms with Crippen LogP contribution in [-0.4, -0.2) is 68.6 Å². The summed E-state index contributed by atoms with van der Waals surface area (Å²) in [6, 6.07) is 12.0. The van der Waals surface area contributed by atoms with Gasteiger partial charge < -0.3 is 9.64 Å². The molecular formula is C26H34FN3O5S. The zero-order valence-corrected chi connectivity index (χ0v) is 21.8. The van der Waals surface area contributed by atoms with Gasteiger partial charge in [0.1, 0.15) is 11.6 Å². The molecule has 1 fully saturated rings. The summed E-state index contributed by atoms with van der Waals surface area (Å²) in [5, 5.41) is 0. The van der Waals surface area contributed by atoms with Crippen LogP contribution in [0.5, 0.6) is 5.75 Å². The number of piperazine rings is 1. The van der Waals surface area contributed by atoms with Crippen LogP contribution in [0.3, 0.4) is 0 Å². The van der Waals surface area contributed by atoms with Gasteiger partial charge in [-0.2, -0.15) is 0 Å². The minimum atomic E-state index is -3.61. The molecule has 196 valence electrons. The van der Waals surface area contributed by atoms with Crippen molar-refractivity contribution in [1.82, 2.24) is 14.5 Å². The summed E-state index contributed by atoms with van der Waals surface area (Å²) >= 11 is 0. The third-order valence-electron chi connectivity index (χ3n) is 6.17. The molecule has 1 aliphatic rings. The number of nitrogens with zero attached hydrogens (tertiary/aromatic N) is 2. The van der Waals surface area contributed by atoms with Crippen molar-refractivity contribution in [3.8, 4) is 5.75 Å². The predicted molar refractivity (Wildman–Crippen MR) is 135 cm³/mol. The highest BCUT2D eigenvalue weighted by atomic mass is 32.2. The number of ether oxygens (including phenoxy) is 1. The number of nitrogens with one attached hydrogen (secondary N) is 1. The van der Waals surface area contributed by atoms with Gasteiger partial charge in [-0.3, -0.25) is 19.2 Å². The monoisotopic (exact) mass is 519 g/mol. The second kappa shape index (κ2) is 12.3. The quantitative estimate of drug-likeness (QED) is 0.519. The van der Waals surface area contributed by atoms with E-state index in [0.717, 1.165) is 35.9 Å². The molecular weight excluding hydrogens is 485 g/mol. The Morgan fingerprint density at radius 2 is 1.86 bits per heavy atom. The van der Waals surface area contributed by atoms with Crippen molar-refractivity contribution in [2.75, 3.05) is 32.5 Å². The molecule has 0 spiro atoms. The minimum absolute atomic E-state index is 0.0191. The van der Waals surface area contributed by atoms with Gasteiger partial charge >= 0.3 is 0 Å². The van der Waals surface area contributed by atoms with Gasteiger partial charge in [0.05, 0.1) is 6.26 Å². The zero-order chi connectivity index (χ0) is 26.3. The molecule has 3 rings (SSSR count). The second-order valence-electron chi connectivity index (χ2n) is 9.21. The lowest BCUT2D eigenvalue weighted by atomic mass is 10.1. The maximum absolute atomic E-state index is 13.2. The molecule has 10 heteroatoms. The average molecular weight is 520 g/mol.